The average Bonchev–Trinajstić information content (AvgIpc) is 3.31. The first kappa shape index (κ1) is 25.9. The molecule has 5 rings (SSSR count). The smallest absolute Gasteiger partial charge is 0.259 e. The van der Waals surface area contributed by atoms with Gasteiger partial charge in [0.25, 0.3) is 5.91 Å². The number of halogens is 2. The van der Waals surface area contributed by atoms with E-state index in [9.17, 15) is 9.18 Å². The Balaban J connectivity index is 1.40. The van der Waals surface area contributed by atoms with Crippen LogP contribution in [-0.4, -0.2) is 19.2 Å². The molecular weight excluding hydrogens is 523 g/mol. The Morgan fingerprint density at radius 3 is 2.63 bits per heavy atom. The lowest BCUT2D eigenvalue weighted by molar-refractivity contribution is 0.102. The summed E-state index contributed by atoms with van der Waals surface area (Å²) in [7, 11) is 1.54. The van der Waals surface area contributed by atoms with Gasteiger partial charge in [-0.1, -0.05) is 41.9 Å². The third-order valence-electron chi connectivity index (χ3n) is 6.29. The summed E-state index contributed by atoms with van der Waals surface area (Å²) in [5.74, 6) is 0.391. The van der Waals surface area contributed by atoms with Crippen LogP contribution in [0.5, 0.6) is 11.5 Å². The van der Waals surface area contributed by atoms with Gasteiger partial charge in [0.05, 0.1) is 17.7 Å². The van der Waals surface area contributed by atoms with Crippen molar-refractivity contribution in [2.24, 2.45) is 4.99 Å². The minimum atomic E-state index is -0.305. The Kier molecular flexibility index (Phi) is 8.05. The van der Waals surface area contributed by atoms with Gasteiger partial charge < -0.3 is 14.8 Å². The molecule has 0 radical (unpaired) electrons. The molecule has 8 heteroatoms. The number of methoxy groups -OCH3 is 1. The van der Waals surface area contributed by atoms with Crippen molar-refractivity contribution in [3.05, 3.63) is 105 Å². The highest BCUT2D eigenvalue weighted by Gasteiger charge is 2.25. The fraction of sp³-hybridized carbons (Fsp3) is 0.200. The third-order valence-corrected chi connectivity index (χ3v) is 7.77. The molecule has 38 heavy (non-hydrogen) atoms. The number of benzene rings is 3. The molecular formula is C30H26ClFN2O3S. The zero-order valence-electron chi connectivity index (χ0n) is 20.8. The first-order valence-corrected chi connectivity index (χ1v) is 13.5. The number of nitrogens with zero attached hydrogens (tertiary/aromatic N) is 1. The van der Waals surface area contributed by atoms with Crippen LogP contribution in [0.4, 0.5) is 15.1 Å². The Morgan fingerprint density at radius 1 is 1.11 bits per heavy atom. The molecule has 4 aromatic rings. The van der Waals surface area contributed by atoms with Crippen LogP contribution >= 0.6 is 22.9 Å². The van der Waals surface area contributed by atoms with E-state index >= 15 is 0 Å². The van der Waals surface area contributed by atoms with Gasteiger partial charge in [-0.05, 0) is 78.8 Å². The number of aliphatic imine (C=N–C) groups is 1. The van der Waals surface area contributed by atoms with Crippen LogP contribution in [0, 0.1) is 5.82 Å². The van der Waals surface area contributed by atoms with Gasteiger partial charge >= 0.3 is 0 Å². The van der Waals surface area contributed by atoms with Crippen molar-refractivity contribution in [1.29, 1.82) is 0 Å². The fourth-order valence-electron chi connectivity index (χ4n) is 4.42. The van der Waals surface area contributed by atoms with E-state index in [1.165, 1.54) is 24.1 Å². The van der Waals surface area contributed by atoms with Gasteiger partial charge in [0, 0.05) is 16.8 Å². The van der Waals surface area contributed by atoms with Crippen LogP contribution < -0.4 is 14.8 Å². The van der Waals surface area contributed by atoms with Gasteiger partial charge in [0.1, 0.15) is 17.4 Å². The zero-order valence-corrected chi connectivity index (χ0v) is 22.4. The zero-order chi connectivity index (χ0) is 26.5. The molecule has 1 amide bonds. The molecule has 1 aliphatic rings. The fourth-order valence-corrected chi connectivity index (χ4v) is 5.92. The van der Waals surface area contributed by atoms with Gasteiger partial charge in [-0.15, -0.1) is 11.3 Å². The third kappa shape index (κ3) is 5.90. The molecule has 5 nitrogen and oxygen atoms in total. The molecule has 1 aromatic heterocycles. The molecule has 0 aliphatic heterocycles. The second-order valence-electron chi connectivity index (χ2n) is 8.92. The number of aryl methyl sites for hydroxylation is 1. The summed E-state index contributed by atoms with van der Waals surface area (Å²) in [5, 5.41) is 4.05. The lowest BCUT2D eigenvalue weighted by Crippen LogP contribution is -2.14. The van der Waals surface area contributed by atoms with E-state index in [4.69, 9.17) is 26.1 Å². The summed E-state index contributed by atoms with van der Waals surface area (Å²) in [6.45, 7) is 0.213. The number of fused-ring (bicyclic) bond motifs is 1. The number of nitrogens with one attached hydrogen (secondary N) is 1. The summed E-state index contributed by atoms with van der Waals surface area (Å²) in [6, 6.07) is 19.0. The van der Waals surface area contributed by atoms with E-state index in [1.807, 2.05) is 30.3 Å². The number of rotatable bonds is 8. The maximum atomic E-state index is 13.3. The summed E-state index contributed by atoms with van der Waals surface area (Å²) < 4.78 is 24.6. The van der Waals surface area contributed by atoms with Gasteiger partial charge in [0.2, 0.25) is 0 Å². The molecule has 0 atom stereocenters. The summed E-state index contributed by atoms with van der Waals surface area (Å²) in [6.07, 6.45) is 5.70. The maximum absolute atomic E-state index is 13.3. The average molecular weight is 549 g/mol. The molecule has 0 unspecified atom stereocenters. The molecule has 0 bridgehead atoms. The summed E-state index contributed by atoms with van der Waals surface area (Å²) in [4.78, 5) is 19.3. The maximum Gasteiger partial charge on any atom is 0.259 e. The highest BCUT2D eigenvalue weighted by Crippen LogP contribution is 2.41. The van der Waals surface area contributed by atoms with Crippen LogP contribution in [0.1, 0.15) is 44.8 Å². The van der Waals surface area contributed by atoms with Gasteiger partial charge in [0.15, 0.2) is 11.5 Å². The number of amides is 1. The van der Waals surface area contributed by atoms with Crippen molar-refractivity contribution in [3.63, 3.8) is 0 Å². The lowest BCUT2D eigenvalue weighted by atomic mass is 9.95. The number of ether oxygens (including phenoxy) is 2. The molecule has 0 spiro atoms. The second-order valence-corrected chi connectivity index (χ2v) is 10.4. The van der Waals surface area contributed by atoms with Crippen LogP contribution in [0.15, 0.2) is 71.7 Å². The number of para-hydroxylation sites is 1. The van der Waals surface area contributed by atoms with E-state index in [0.29, 0.717) is 32.6 Å². The van der Waals surface area contributed by atoms with Crippen molar-refractivity contribution >= 4 is 45.7 Å². The largest absolute Gasteiger partial charge is 0.493 e. The van der Waals surface area contributed by atoms with Gasteiger partial charge in [-0.3, -0.25) is 4.79 Å². The van der Waals surface area contributed by atoms with E-state index in [0.717, 1.165) is 42.5 Å². The topological polar surface area (TPSA) is 59.9 Å². The minimum Gasteiger partial charge on any atom is -0.493 e. The molecule has 1 heterocycles. The van der Waals surface area contributed by atoms with E-state index in [1.54, 1.807) is 41.8 Å². The predicted molar refractivity (Wildman–Crippen MR) is 151 cm³/mol. The van der Waals surface area contributed by atoms with E-state index < -0.39 is 0 Å². The van der Waals surface area contributed by atoms with Crippen LogP contribution in [0.25, 0.3) is 0 Å². The van der Waals surface area contributed by atoms with E-state index in [-0.39, 0.29) is 18.3 Å². The summed E-state index contributed by atoms with van der Waals surface area (Å²) >= 11 is 8.12. The molecule has 0 saturated heterocycles. The molecule has 1 N–H and O–H groups in total. The quantitative estimate of drug-likeness (QED) is 0.227. The van der Waals surface area contributed by atoms with Crippen molar-refractivity contribution in [2.45, 2.75) is 32.3 Å². The molecule has 3 aromatic carbocycles. The van der Waals surface area contributed by atoms with Crippen LogP contribution in [0.2, 0.25) is 5.02 Å². The lowest BCUT2D eigenvalue weighted by Gasteiger charge is -2.13. The van der Waals surface area contributed by atoms with Crippen molar-refractivity contribution in [2.75, 3.05) is 12.4 Å². The van der Waals surface area contributed by atoms with Crippen molar-refractivity contribution in [3.8, 4) is 11.5 Å². The van der Waals surface area contributed by atoms with Crippen molar-refractivity contribution in [1.82, 2.24) is 0 Å². The summed E-state index contributed by atoms with van der Waals surface area (Å²) in [5.41, 5.74) is 4.00. The van der Waals surface area contributed by atoms with E-state index in [2.05, 4.69) is 5.32 Å². The standard InChI is InChI=1S/C30H26ClFN2O3S/c1-36-25-16-20(15-24(31)28(25)37-18-19-11-13-21(32)14-12-19)17-33-30-27(23-9-5-6-10-26(23)38-30)29(35)34-22-7-3-2-4-8-22/h2-4,7-8,11-17H,5-6,9-10,18H2,1H3,(H,34,35). The Hall–Kier alpha value is -3.68. The van der Waals surface area contributed by atoms with Gasteiger partial charge in [-0.2, -0.15) is 0 Å². The number of carbonyl (C=O) groups is 1. The Labute approximate surface area is 229 Å². The number of anilines is 1. The predicted octanol–water partition coefficient (Wildman–Crippen LogP) is 8.01. The van der Waals surface area contributed by atoms with Gasteiger partial charge in [-0.25, -0.2) is 9.38 Å². The molecule has 0 saturated carbocycles. The number of thiophene rings is 1. The SMILES string of the molecule is COc1cc(C=Nc2sc3c(c2C(=O)Nc2ccccc2)CCCC3)cc(Cl)c1OCc1ccc(F)cc1. The number of hydrogen-bond donors (Lipinski definition) is 1. The normalized spacial score (nSPS) is 12.8. The van der Waals surface area contributed by atoms with Crippen molar-refractivity contribution < 1.29 is 18.7 Å². The highest BCUT2D eigenvalue weighted by molar-refractivity contribution is 7.16. The Morgan fingerprint density at radius 2 is 1.87 bits per heavy atom. The molecule has 0 fully saturated rings. The number of carbonyl (C=O) groups excluding carboxylic acids is 1. The monoisotopic (exact) mass is 548 g/mol. The molecule has 194 valence electrons. The highest BCUT2D eigenvalue weighted by atomic mass is 35.5. The minimum absolute atomic E-state index is 0.150. The van der Waals surface area contributed by atoms with Crippen LogP contribution in [-0.2, 0) is 19.4 Å². The first-order valence-electron chi connectivity index (χ1n) is 12.3. The first-order chi connectivity index (χ1) is 18.5. The number of hydrogen-bond acceptors (Lipinski definition) is 5. The second kappa shape index (κ2) is 11.8. The molecule has 1 aliphatic carbocycles. The van der Waals surface area contributed by atoms with Crippen LogP contribution in [0.3, 0.4) is 0 Å². The Bertz CT molecular complexity index is 1470.